The molecular formula is C22H33Cl2N3O4. The van der Waals surface area contributed by atoms with Gasteiger partial charge in [-0.1, -0.05) is 26.0 Å². The molecule has 0 aliphatic rings. The third kappa shape index (κ3) is 9.35. The summed E-state index contributed by atoms with van der Waals surface area (Å²) >= 11 is 11.7. The molecule has 0 aliphatic carbocycles. The van der Waals surface area contributed by atoms with E-state index in [9.17, 15) is 14.4 Å². The van der Waals surface area contributed by atoms with Gasteiger partial charge in [-0.3, -0.25) is 9.59 Å². The van der Waals surface area contributed by atoms with Crippen LogP contribution >= 0.6 is 23.2 Å². The summed E-state index contributed by atoms with van der Waals surface area (Å²) in [5.41, 5.74) is 1.84. The fraction of sp³-hybridized carbons (Fsp3) is 0.591. The Morgan fingerprint density at radius 2 is 1.61 bits per heavy atom. The van der Waals surface area contributed by atoms with E-state index in [1.165, 1.54) is 6.92 Å². The molecule has 0 spiro atoms. The average molecular weight is 474 g/mol. The molecule has 0 unspecified atom stereocenters. The number of hydrogen-bond donors (Lipinski definition) is 2. The fourth-order valence-corrected chi connectivity index (χ4v) is 3.51. The number of rotatable bonds is 13. The van der Waals surface area contributed by atoms with Gasteiger partial charge in [0.05, 0.1) is 6.61 Å². The lowest BCUT2D eigenvalue weighted by atomic mass is 10.0. The third-order valence-corrected chi connectivity index (χ3v) is 4.98. The lowest BCUT2D eigenvalue weighted by Crippen LogP contribution is -2.54. The summed E-state index contributed by atoms with van der Waals surface area (Å²) in [5, 5.41) is 5.37. The first-order valence-corrected chi connectivity index (χ1v) is 11.5. The minimum absolute atomic E-state index is 0.138. The fourth-order valence-electron chi connectivity index (χ4n) is 3.10. The lowest BCUT2D eigenvalue weighted by molar-refractivity contribution is -0.147. The molecule has 0 radical (unpaired) electrons. The van der Waals surface area contributed by atoms with Gasteiger partial charge in [-0.15, -0.1) is 23.2 Å². The molecule has 2 N–H and O–H groups in total. The number of anilines is 1. The van der Waals surface area contributed by atoms with Gasteiger partial charge in [0.15, 0.2) is 0 Å². The standard InChI is InChI=1S/C22H33Cl2N3O4/c1-5-31-22(30)19(26-21(29)20(15(2)3)25-16(4)28)14-17-6-8-18(9-7-17)27(12-10-23)13-11-24/h6-9,15,19-20H,5,10-14H2,1-4H3,(H,25,28)(H,26,29)/t19-,20-/m0/s1. The lowest BCUT2D eigenvalue weighted by Gasteiger charge is -2.25. The van der Waals surface area contributed by atoms with Gasteiger partial charge in [0.2, 0.25) is 11.8 Å². The second-order valence-electron chi connectivity index (χ2n) is 7.47. The largest absolute Gasteiger partial charge is 0.464 e. The predicted octanol–water partition coefficient (Wildman–Crippen LogP) is 2.72. The van der Waals surface area contributed by atoms with E-state index in [2.05, 4.69) is 15.5 Å². The van der Waals surface area contributed by atoms with Crippen LogP contribution in [0.1, 0.15) is 33.3 Å². The molecule has 0 aliphatic heterocycles. The molecule has 1 rings (SSSR count). The minimum atomic E-state index is -0.866. The van der Waals surface area contributed by atoms with Gasteiger partial charge >= 0.3 is 5.97 Å². The highest BCUT2D eigenvalue weighted by Gasteiger charge is 2.29. The molecule has 31 heavy (non-hydrogen) atoms. The zero-order chi connectivity index (χ0) is 23.4. The Morgan fingerprint density at radius 1 is 1.03 bits per heavy atom. The number of ether oxygens (including phenoxy) is 1. The Kier molecular flexibility index (Phi) is 12.3. The van der Waals surface area contributed by atoms with E-state index < -0.39 is 24.0 Å². The van der Waals surface area contributed by atoms with Crippen molar-refractivity contribution in [1.29, 1.82) is 0 Å². The topological polar surface area (TPSA) is 87.7 Å². The maximum absolute atomic E-state index is 12.8. The van der Waals surface area contributed by atoms with Crippen LogP contribution in [0.3, 0.4) is 0 Å². The molecule has 9 heteroatoms. The van der Waals surface area contributed by atoms with Crippen molar-refractivity contribution in [1.82, 2.24) is 10.6 Å². The van der Waals surface area contributed by atoms with Crippen LogP contribution in [0, 0.1) is 5.92 Å². The SMILES string of the molecule is CCOC(=O)[C@H](Cc1ccc(N(CCCl)CCCl)cc1)NC(=O)[C@@H](NC(C)=O)C(C)C. The minimum Gasteiger partial charge on any atom is -0.464 e. The van der Waals surface area contributed by atoms with Crippen molar-refractivity contribution in [3.63, 3.8) is 0 Å². The van der Waals surface area contributed by atoms with E-state index in [-0.39, 0.29) is 24.9 Å². The quantitative estimate of drug-likeness (QED) is 0.339. The van der Waals surface area contributed by atoms with Crippen LogP contribution in [-0.2, 0) is 25.5 Å². The molecule has 1 aromatic rings. The number of hydrogen-bond acceptors (Lipinski definition) is 5. The van der Waals surface area contributed by atoms with Crippen molar-refractivity contribution in [3.05, 3.63) is 29.8 Å². The van der Waals surface area contributed by atoms with Gasteiger partial charge in [-0.2, -0.15) is 0 Å². The van der Waals surface area contributed by atoms with Crippen LogP contribution in [0.15, 0.2) is 24.3 Å². The van der Waals surface area contributed by atoms with Crippen molar-refractivity contribution < 1.29 is 19.1 Å². The first-order chi connectivity index (χ1) is 14.7. The number of alkyl halides is 2. The number of esters is 1. The van der Waals surface area contributed by atoms with Crippen LogP contribution in [0.25, 0.3) is 0 Å². The predicted molar refractivity (Wildman–Crippen MR) is 125 cm³/mol. The normalized spacial score (nSPS) is 12.7. The highest BCUT2D eigenvalue weighted by molar-refractivity contribution is 6.18. The number of nitrogens with zero attached hydrogens (tertiary/aromatic N) is 1. The van der Waals surface area contributed by atoms with Crippen molar-refractivity contribution in [2.75, 3.05) is 36.4 Å². The third-order valence-electron chi connectivity index (χ3n) is 4.65. The molecule has 0 fully saturated rings. The number of benzene rings is 1. The average Bonchev–Trinajstić information content (AvgIpc) is 2.71. The molecule has 0 saturated heterocycles. The Labute approximate surface area is 194 Å². The maximum Gasteiger partial charge on any atom is 0.328 e. The van der Waals surface area contributed by atoms with E-state index in [0.29, 0.717) is 24.8 Å². The Bertz CT molecular complexity index is 707. The first kappa shape index (κ1) is 27.0. The Balaban J connectivity index is 2.98. The van der Waals surface area contributed by atoms with Crippen LogP contribution < -0.4 is 15.5 Å². The van der Waals surface area contributed by atoms with Crippen LogP contribution in [0.5, 0.6) is 0 Å². The molecule has 0 saturated carbocycles. The van der Waals surface area contributed by atoms with Gasteiger partial charge in [-0.25, -0.2) is 4.79 Å². The molecular weight excluding hydrogens is 441 g/mol. The van der Waals surface area contributed by atoms with Crippen molar-refractivity contribution in [2.24, 2.45) is 5.92 Å². The number of carbonyl (C=O) groups is 3. The van der Waals surface area contributed by atoms with Crippen molar-refractivity contribution in [2.45, 2.75) is 46.2 Å². The highest BCUT2D eigenvalue weighted by atomic mass is 35.5. The van der Waals surface area contributed by atoms with Crippen molar-refractivity contribution in [3.8, 4) is 0 Å². The van der Waals surface area contributed by atoms with Crippen LogP contribution in [0.2, 0.25) is 0 Å². The Hall–Kier alpha value is -1.99. The molecule has 2 amide bonds. The number of nitrogens with one attached hydrogen (secondary N) is 2. The molecule has 0 heterocycles. The number of amides is 2. The summed E-state index contributed by atoms with van der Waals surface area (Å²) < 4.78 is 5.15. The molecule has 174 valence electrons. The van der Waals surface area contributed by atoms with E-state index in [0.717, 1.165) is 11.3 Å². The van der Waals surface area contributed by atoms with Gasteiger partial charge < -0.3 is 20.3 Å². The zero-order valence-corrected chi connectivity index (χ0v) is 20.1. The number of halogens is 2. The van der Waals surface area contributed by atoms with Crippen LogP contribution in [-0.4, -0.2) is 61.3 Å². The summed E-state index contributed by atoms with van der Waals surface area (Å²) in [6.07, 6.45) is 0.265. The monoisotopic (exact) mass is 473 g/mol. The van der Waals surface area contributed by atoms with E-state index >= 15 is 0 Å². The van der Waals surface area contributed by atoms with Gasteiger partial charge in [0, 0.05) is 43.9 Å². The summed E-state index contributed by atoms with van der Waals surface area (Å²) in [6.45, 7) is 8.27. The van der Waals surface area contributed by atoms with Crippen molar-refractivity contribution >= 4 is 46.7 Å². The second kappa shape index (κ2) is 14.1. The van der Waals surface area contributed by atoms with E-state index in [1.54, 1.807) is 6.92 Å². The number of carbonyl (C=O) groups excluding carboxylic acids is 3. The Morgan fingerprint density at radius 3 is 2.06 bits per heavy atom. The van der Waals surface area contributed by atoms with Gasteiger partial charge in [0.25, 0.3) is 0 Å². The summed E-state index contributed by atoms with van der Waals surface area (Å²) in [4.78, 5) is 38.8. The summed E-state index contributed by atoms with van der Waals surface area (Å²) in [7, 11) is 0. The molecule has 0 aromatic heterocycles. The van der Waals surface area contributed by atoms with E-state index in [1.807, 2.05) is 38.1 Å². The molecule has 2 atom stereocenters. The van der Waals surface area contributed by atoms with Crippen LogP contribution in [0.4, 0.5) is 5.69 Å². The smallest absolute Gasteiger partial charge is 0.328 e. The highest BCUT2D eigenvalue weighted by Crippen LogP contribution is 2.17. The molecule has 7 nitrogen and oxygen atoms in total. The maximum atomic E-state index is 12.8. The molecule has 1 aromatic carbocycles. The van der Waals surface area contributed by atoms with Gasteiger partial charge in [-0.05, 0) is 30.5 Å². The summed E-state index contributed by atoms with van der Waals surface area (Å²) in [5.74, 6) is -0.412. The van der Waals surface area contributed by atoms with E-state index in [4.69, 9.17) is 27.9 Å². The zero-order valence-electron chi connectivity index (χ0n) is 18.6. The second-order valence-corrected chi connectivity index (χ2v) is 8.23. The first-order valence-electron chi connectivity index (χ1n) is 10.4. The van der Waals surface area contributed by atoms with Gasteiger partial charge in [0.1, 0.15) is 12.1 Å². The summed E-state index contributed by atoms with van der Waals surface area (Å²) in [6, 6.07) is 6.07. The molecule has 0 bridgehead atoms.